The summed E-state index contributed by atoms with van der Waals surface area (Å²) in [5.74, 6) is 2.34. The summed E-state index contributed by atoms with van der Waals surface area (Å²) in [5, 5.41) is 28.0. The van der Waals surface area contributed by atoms with Crippen LogP contribution in [0.1, 0.15) is 310 Å². The molecule has 0 aromatic carbocycles. The molecule has 34 nitrogen and oxygen atoms in total. The fourth-order valence-electron chi connectivity index (χ4n) is 19.4. The number of hydrogen-bond donors (Lipinski definition) is 6. The quantitative estimate of drug-likeness (QED) is 0.0293. The molecule has 8 aromatic heterocycles. The Morgan fingerprint density at radius 2 is 0.847 bits per heavy atom. The van der Waals surface area contributed by atoms with Crippen LogP contribution in [0.3, 0.4) is 0 Å². The highest BCUT2D eigenvalue weighted by atomic mass is 32.2. The number of ether oxygens (including phenoxy) is 1. The highest BCUT2D eigenvalue weighted by Gasteiger charge is 2.58. The van der Waals surface area contributed by atoms with E-state index in [9.17, 15) is 60.3 Å². The molecule has 8 aliphatic heterocycles. The Morgan fingerprint density at radius 1 is 0.479 bits per heavy atom. The number of anilines is 4. The molecule has 782 valence electrons. The highest BCUT2D eigenvalue weighted by Crippen LogP contribution is 2.46. The first-order chi connectivity index (χ1) is 68.1. The van der Waals surface area contributed by atoms with Crippen LogP contribution in [0.25, 0.3) is 41.8 Å². The molecule has 1 unspecified atom stereocenters. The summed E-state index contributed by atoms with van der Waals surface area (Å²) in [5.41, 5.74) is 7.00. The van der Waals surface area contributed by atoms with Crippen LogP contribution in [0.2, 0.25) is 0 Å². The number of rotatable bonds is 26. The van der Waals surface area contributed by atoms with Crippen LogP contribution < -0.4 is 26.6 Å². The molecule has 17 rings (SSSR count). The van der Waals surface area contributed by atoms with Gasteiger partial charge in [0.2, 0.25) is 0 Å². The maximum absolute atomic E-state index is 13.7. The Labute approximate surface area is 864 Å². The predicted octanol–water partition coefficient (Wildman–Crippen LogP) is 16.3. The van der Waals surface area contributed by atoms with Crippen molar-refractivity contribution in [2.75, 3.05) is 123 Å². The van der Waals surface area contributed by atoms with Gasteiger partial charge in [-0.05, 0) is 258 Å². The minimum Gasteiger partial charge on any atom is -0.388 e. The molecule has 9 fully saturated rings. The van der Waals surface area contributed by atoms with Gasteiger partial charge in [0.1, 0.15) is 46.0 Å². The third-order valence-electron chi connectivity index (χ3n) is 28.9. The molecule has 8 amide bonds. The number of carbonyl (C=O) groups excluding carboxylic acids is 8. The predicted molar refractivity (Wildman–Crippen MR) is 570 cm³/mol. The van der Waals surface area contributed by atoms with Gasteiger partial charge in [0.25, 0.3) is 47.3 Å². The lowest BCUT2D eigenvalue weighted by Gasteiger charge is -2.54. The van der Waals surface area contributed by atoms with E-state index >= 15 is 0 Å². The molecule has 40 heteroatoms. The lowest BCUT2D eigenvalue weighted by Crippen LogP contribution is -2.69. The van der Waals surface area contributed by atoms with Crippen molar-refractivity contribution >= 4 is 136 Å². The number of nitrogens with one attached hydrogen (secondary N) is 5. The number of pyridine rings is 4. The average Bonchev–Trinajstić information content (AvgIpc) is 0.952. The van der Waals surface area contributed by atoms with Gasteiger partial charge in [0.05, 0.1) is 73.4 Å². The second-order valence-electron chi connectivity index (χ2n) is 43.0. The SMILES string of the molecule is CC[C@@H](C)Nc1cc(C)c(-c2sc(C(=O)N(C)C(C)C(C)(C)O)nc2C(=O)N2CCCC[C@@H]2C)cn1.CC[C@H](Nc1cc(C)c(-c2sc(C(=O)NC3COC3)nc2C(=O)N2CCCC[C@@H]2C)cn1)C1CC1.Cc1cc(NC(C)C)ncc1-c1sc(C(=O)N2CC3(C2)CS(=O)(=O)C3)nc1C(=O)N1CCCC[C@@H]1C.Cc1cc(NCC(C)(C)C)ncc1-c1sc(C(=O)N2CCS(=O)(=O)CC2)nc1C(=O)N1CCCC[C@@H]1C. The zero-order chi connectivity index (χ0) is 104. The lowest BCUT2D eigenvalue weighted by atomic mass is 9.83. The number of sulfone groups is 2. The molecule has 1 aliphatic carbocycles. The van der Waals surface area contributed by atoms with Gasteiger partial charge < -0.3 is 70.7 Å². The van der Waals surface area contributed by atoms with Gasteiger partial charge >= 0.3 is 0 Å². The number of carbonyl (C=O) groups is 8. The van der Waals surface area contributed by atoms with Crippen LogP contribution in [-0.2, 0) is 24.4 Å². The molecule has 8 aromatic rings. The Hall–Kier alpha value is -10.1. The number of hydrogen-bond acceptors (Lipinski definition) is 30. The molecule has 16 heterocycles. The van der Waals surface area contributed by atoms with Gasteiger partial charge in [-0.2, -0.15) is 0 Å². The van der Waals surface area contributed by atoms with Crippen molar-refractivity contribution in [1.29, 1.82) is 0 Å². The Bertz CT molecular complexity index is 6240. The maximum Gasteiger partial charge on any atom is 0.282 e. The van der Waals surface area contributed by atoms with E-state index < -0.39 is 31.3 Å². The molecule has 8 saturated heterocycles. The van der Waals surface area contributed by atoms with Crippen LogP contribution in [0.4, 0.5) is 23.3 Å². The molecule has 6 N–H and O–H groups in total. The van der Waals surface area contributed by atoms with Crippen molar-refractivity contribution in [3.05, 3.63) is 114 Å². The third kappa shape index (κ3) is 26.3. The highest BCUT2D eigenvalue weighted by molar-refractivity contribution is 7.92. The van der Waals surface area contributed by atoms with Crippen molar-refractivity contribution in [2.24, 2.45) is 16.7 Å². The molecule has 7 atom stereocenters. The Morgan fingerprint density at radius 3 is 1.20 bits per heavy atom. The molecule has 1 saturated carbocycles. The van der Waals surface area contributed by atoms with Crippen LogP contribution in [0, 0.1) is 44.4 Å². The average molecular weight is 2090 g/mol. The largest absolute Gasteiger partial charge is 0.388 e. The molecule has 9 aliphatic rings. The van der Waals surface area contributed by atoms with E-state index in [1.165, 1.54) is 68.0 Å². The van der Waals surface area contributed by atoms with Gasteiger partial charge in [-0.15, -0.1) is 45.3 Å². The minimum absolute atomic E-state index is 0.00265. The second-order valence-corrected chi connectivity index (χ2v) is 51.3. The fourth-order valence-corrected chi connectivity index (χ4v) is 27.1. The van der Waals surface area contributed by atoms with E-state index in [0.717, 1.165) is 177 Å². The number of amides is 8. The number of aromatic nitrogens is 8. The van der Waals surface area contributed by atoms with Crippen LogP contribution >= 0.6 is 45.3 Å². The van der Waals surface area contributed by atoms with E-state index in [1.54, 1.807) is 51.3 Å². The number of aryl methyl sites for hydroxylation is 4. The number of thiazole rings is 4. The summed E-state index contributed by atoms with van der Waals surface area (Å²) in [6.45, 7) is 43.9. The lowest BCUT2D eigenvalue weighted by molar-refractivity contribution is -0.00347. The molecule has 0 radical (unpaired) electrons. The van der Waals surface area contributed by atoms with Gasteiger partial charge in [0.15, 0.2) is 39.7 Å². The smallest absolute Gasteiger partial charge is 0.282 e. The summed E-state index contributed by atoms with van der Waals surface area (Å²) in [7, 11) is -4.43. The molecule has 0 bridgehead atoms. The topological polar surface area (TPSA) is 420 Å². The van der Waals surface area contributed by atoms with Crippen LogP contribution in [0.5, 0.6) is 0 Å². The Kier molecular flexibility index (Phi) is 35.1. The monoisotopic (exact) mass is 2090 g/mol. The summed E-state index contributed by atoms with van der Waals surface area (Å²) in [6.07, 6.45) is 23.8. The standard InChI is InChI=1S/C27H41N5O3S.C26H37N5O4S2.C26H35N5O3S.C25H33N5O4S2/c1-9-17(3)29-21-14-16(2)20(15-28-21)23-22(25(33)32-13-11-10-12-18(32)4)30-24(36-23)26(34)31(8)19(5)27(6,7)35;1-17-14-20(28-16-26(3,4)5)27-15-19(17)22-21(24(32)31-9-7-6-8-18(31)2)29-23(36-22)25(33)30-10-12-37(34,35)13-11-30;1-4-20(17-8-9-17)29-21-11-15(2)19(12-27-21)23-22(26(33)31-10-6-5-7-16(31)3)30-25(35-23)24(32)28-18-13-34-14-18;1-15(2)27-19-9-16(3)18(10-26-19)21-20(23(31)30-8-6-5-7-17(30)4)28-22(35-21)24(32)29-11-25(12-29)13-36(33,34)14-25/h14-15,17-19,35H,9-13H2,1-8H3,(H,28,29);14-15,18H,6-13,16H2,1-5H3,(H,27,28);11-12,16-18,20H,4-10,13-14H2,1-3H3,(H,27,29)(H,28,32);9-10,15,17H,5-8,11-14H2,1-4H3,(H,26,27)/t17-,18+,19?;18-;16-,20-;17-/m1000/s1. The molecule has 1 spiro atoms. The second kappa shape index (κ2) is 46.1. The van der Waals surface area contributed by atoms with Crippen molar-refractivity contribution in [1.82, 2.24) is 79.5 Å². The summed E-state index contributed by atoms with van der Waals surface area (Å²) < 4.78 is 52.2. The maximum atomic E-state index is 13.7. The molecular formula is C104H146N20O14S6. The van der Waals surface area contributed by atoms with Gasteiger partial charge in [0, 0.05) is 161 Å². The molecule has 144 heavy (non-hydrogen) atoms. The van der Waals surface area contributed by atoms with Gasteiger partial charge in [-0.25, -0.2) is 56.7 Å². The number of piperidine rings is 4. The normalized spacial score (nSPS) is 20.4. The first-order valence-corrected chi connectivity index (χ1v) is 58.1. The first-order valence-electron chi connectivity index (χ1n) is 51.2. The number of nitrogens with zero attached hydrogens (tertiary/aromatic N) is 15. The number of likely N-dealkylation sites (N-methyl/N-ethyl adjacent to an activating group) is 1. The van der Waals surface area contributed by atoms with Crippen LogP contribution in [-0.4, -0.2) is 306 Å². The fraction of sp³-hybridized carbons (Fsp3) is 0.615. The first kappa shape index (κ1) is 110. The van der Waals surface area contributed by atoms with E-state index in [-0.39, 0.29) is 151 Å². The van der Waals surface area contributed by atoms with Crippen molar-refractivity contribution in [3.8, 4) is 41.8 Å². The van der Waals surface area contributed by atoms with Gasteiger partial charge in [-0.3, -0.25) is 38.4 Å². The zero-order valence-electron chi connectivity index (χ0n) is 87.2. The van der Waals surface area contributed by atoms with Crippen molar-refractivity contribution in [2.45, 2.75) is 294 Å². The van der Waals surface area contributed by atoms with Crippen molar-refractivity contribution < 1.29 is 65.0 Å². The summed E-state index contributed by atoms with van der Waals surface area (Å²) >= 11 is 4.90. The third-order valence-corrected chi connectivity index (χ3v) is 36.9. The number of aliphatic hydroxyl groups is 1. The number of likely N-dealkylation sites (tertiary alicyclic amines) is 5. The van der Waals surface area contributed by atoms with E-state index in [1.807, 2.05) is 98.5 Å². The van der Waals surface area contributed by atoms with Gasteiger partial charge in [-0.1, -0.05) is 34.6 Å². The molecular weight excluding hydrogens is 1950 g/mol. The summed E-state index contributed by atoms with van der Waals surface area (Å²) in [6, 6.07) is 8.97. The zero-order valence-corrected chi connectivity index (χ0v) is 92.1. The minimum atomic E-state index is -3.12. The van der Waals surface area contributed by atoms with Crippen LogP contribution in [0.15, 0.2) is 49.1 Å². The van der Waals surface area contributed by atoms with E-state index in [2.05, 4.69) is 124 Å². The van der Waals surface area contributed by atoms with Crippen molar-refractivity contribution in [3.63, 3.8) is 0 Å². The Balaban J connectivity index is 0.000000152. The van der Waals surface area contributed by atoms with E-state index in [0.29, 0.717) is 99.6 Å². The summed E-state index contributed by atoms with van der Waals surface area (Å²) in [4.78, 5) is 159. The van der Waals surface area contributed by atoms with E-state index in [4.69, 9.17) is 9.72 Å².